The number of ether oxygens (including phenoxy) is 2. The van der Waals surface area contributed by atoms with E-state index in [2.05, 4.69) is 26.9 Å². The first-order valence-electron chi connectivity index (χ1n) is 11.2. The predicted molar refractivity (Wildman–Crippen MR) is 115 cm³/mol. The topological polar surface area (TPSA) is 76.7 Å². The van der Waals surface area contributed by atoms with E-state index in [9.17, 15) is 0 Å². The average molecular weight is 408 g/mol. The molecule has 1 spiro atoms. The Morgan fingerprint density at radius 3 is 2.83 bits per heavy atom. The number of nitrogens with zero attached hydrogens (tertiary/aromatic N) is 4. The molecule has 7 nitrogen and oxygen atoms in total. The first-order chi connectivity index (χ1) is 14.7. The van der Waals surface area contributed by atoms with Crippen molar-refractivity contribution in [2.24, 2.45) is 0 Å². The van der Waals surface area contributed by atoms with Crippen LogP contribution in [0.3, 0.4) is 0 Å². The molecule has 3 aliphatic heterocycles. The molecule has 1 aliphatic carbocycles. The van der Waals surface area contributed by atoms with Crippen LogP contribution in [-0.4, -0.2) is 53.9 Å². The molecular weight excluding hydrogens is 378 g/mol. The fourth-order valence-electron chi connectivity index (χ4n) is 6.00. The zero-order valence-electron chi connectivity index (χ0n) is 17.3. The molecule has 2 aromatic rings. The molecule has 158 valence electrons. The lowest BCUT2D eigenvalue weighted by Gasteiger charge is -2.46. The van der Waals surface area contributed by atoms with E-state index in [1.807, 2.05) is 12.3 Å². The highest BCUT2D eigenvalue weighted by Crippen LogP contribution is 2.45. The van der Waals surface area contributed by atoms with Crippen LogP contribution in [0.4, 0.5) is 11.6 Å². The van der Waals surface area contributed by atoms with Crippen LogP contribution >= 0.6 is 0 Å². The summed E-state index contributed by atoms with van der Waals surface area (Å²) in [5, 5.41) is 0. The second-order valence-corrected chi connectivity index (χ2v) is 9.21. The van der Waals surface area contributed by atoms with Crippen LogP contribution in [0.5, 0.6) is 11.5 Å². The molecule has 1 aromatic carbocycles. The maximum Gasteiger partial charge on any atom is 0.231 e. The molecule has 30 heavy (non-hydrogen) atoms. The summed E-state index contributed by atoms with van der Waals surface area (Å²) in [6.07, 6.45) is 9.09. The zero-order valence-corrected chi connectivity index (χ0v) is 17.3. The van der Waals surface area contributed by atoms with Crippen LogP contribution in [0.1, 0.15) is 43.4 Å². The van der Waals surface area contributed by atoms with Gasteiger partial charge < -0.3 is 20.1 Å². The number of hydrogen-bond acceptors (Lipinski definition) is 7. The summed E-state index contributed by atoms with van der Waals surface area (Å²) in [4.78, 5) is 14.2. The van der Waals surface area contributed by atoms with E-state index in [-0.39, 0.29) is 5.41 Å². The standard InChI is InChI=1S/C23H29N5O2/c24-22-25-13-16-4-8-23(21(16)26-22)7-1-9-28(14-23)17-5-10-27(11-6-17)18-2-3-19-20(12-18)30-15-29-19/h2-3,12-13,17H,1,4-11,14-15H2,(H2,24,25,26). The van der Waals surface area contributed by atoms with Crippen molar-refractivity contribution in [3.63, 3.8) is 0 Å². The molecule has 2 saturated heterocycles. The summed E-state index contributed by atoms with van der Waals surface area (Å²) in [7, 11) is 0. The molecule has 2 N–H and O–H groups in total. The van der Waals surface area contributed by atoms with Crippen molar-refractivity contribution in [1.29, 1.82) is 0 Å². The minimum Gasteiger partial charge on any atom is -0.454 e. The monoisotopic (exact) mass is 407 g/mol. The largest absolute Gasteiger partial charge is 0.454 e. The summed E-state index contributed by atoms with van der Waals surface area (Å²) < 4.78 is 11.0. The van der Waals surface area contributed by atoms with Crippen molar-refractivity contribution in [2.75, 3.05) is 43.6 Å². The number of piperidine rings is 2. The first kappa shape index (κ1) is 18.2. The van der Waals surface area contributed by atoms with E-state index in [1.54, 1.807) is 0 Å². The highest BCUT2D eigenvalue weighted by Gasteiger charge is 2.45. The van der Waals surface area contributed by atoms with E-state index >= 15 is 0 Å². The Hall–Kier alpha value is -2.54. The van der Waals surface area contributed by atoms with Crippen LogP contribution in [0.15, 0.2) is 24.4 Å². The quantitative estimate of drug-likeness (QED) is 0.820. The van der Waals surface area contributed by atoms with Gasteiger partial charge in [-0.3, -0.25) is 4.90 Å². The minimum absolute atomic E-state index is 0.180. The molecule has 1 atom stereocenters. The molecule has 7 heteroatoms. The molecule has 1 aromatic heterocycles. The maximum atomic E-state index is 5.94. The third kappa shape index (κ3) is 2.98. The first-order valence-corrected chi connectivity index (χ1v) is 11.2. The van der Waals surface area contributed by atoms with Gasteiger partial charge in [0.15, 0.2) is 11.5 Å². The number of aryl methyl sites for hydroxylation is 1. The second kappa shape index (κ2) is 7.01. The molecule has 0 bridgehead atoms. The summed E-state index contributed by atoms with van der Waals surface area (Å²) >= 11 is 0. The van der Waals surface area contributed by atoms with Crippen LogP contribution in [0, 0.1) is 0 Å². The van der Waals surface area contributed by atoms with Crippen molar-refractivity contribution in [3.05, 3.63) is 35.7 Å². The van der Waals surface area contributed by atoms with Crippen molar-refractivity contribution >= 4 is 11.6 Å². The number of likely N-dealkylation sites (tertiary alicyclic amines) is 1. The lowest BCUT2D eigenvalue weighted by molar-refractivity contribution is 0.0861. The Bertz CT molecular complexity index is 955. The number of rotatable bonds is 2. The van der Waals surface area contributed by atoms with Gasteiger partial charge in [-0.2, -0.15) is 0 Å². The van der Waals surface area contributed by atoms with Gasteiger partial charge in [-0.15, -0.1) is 0 Å². The van der Waals surface area contributed by atoms with Crippen molar-refractivity contribution in [3.8, 4) is 11.5 Å². The van der Waals surface area contributed by atoms with E-state index in [0.29, 0.717) is 18.8 Å². The smallest absolute Gasteiger partial charge is 0.231 e. The number of benzene rings is 1. The maximum absolute atomic E-state index is 5.94. The molecule has 0 radical (unpaired) electrons. The SMILES string of the molecule is Nc1ncc2c(n1)C1(CCCN(C3CCN(c4ccc5c(c4)OCO5)CC3)C1)CC2. The second-order valence-electron chi connectivity index (χ2n) is 9.21. The Morgan fingerprint density at radius 2 is 1.93 bits per heavy atom. The number of nitrogen functional groups attached to an aromatic ring is 1. The van der Waals surface area contributed by atoms with Crippen molar-refractivity contribution in [2.45, 2.75) is 50.0 Å². The molecule has 1 unspecified atom stereocenters. The third-order valence-electron chi connectivity index (χ3n) is 7.57. The van der Waals surface area contributed by atoms with Gasteiger partial charge in [-0.25, -0.2) is 9.97 Å². The molecule has 2 fully saturated rings. The van der Waals surface area contributed by atoms with Gasteiger partial charge in [-0.1, -0.05) is 0 Å². The lowest BCUT2D eigenvalue weighted by Crippen LogP contribution is -2.52. The zero-order chi connectivity index (χ0) is 20.1. The minimum atomic E-state index is 0.180. The Kier molecular flexibility index (Phi) is 4.26. The van der Waals surface area contributed by atoms with Gasteiger partial charge in [-0.05, 0) is 62.8 Å². The molecule has 4 heterocycles. The predicted octanol–water partition coefficient (Wildman–Crippen LogP) is 2.74. The summed E-state index contributed by atoms with van der Waals surface area (Å²) in [5.41, 5.74) is 9.91. The highest BCUT2D eigenvalue weighted by molar-refractivity contribution is 5.57. The van der Waals surface area contributed by atoms with Gasteiger partial charge in [0.05, 0.1) is 5.69 Å². The lowest BCUT2D eigenvalue weighted by atomic mass is 9.76. The average Bonchev–Trinajstić information content (AvgIpc) is 3.39. The van der Waals surface area contributed by atoms with Crippen molar-refractivity contribution in [1.82, 2.24) is 14.9 Å². The normalized spacial score (nSPS) is 26.3. The van der Waals surface area contributed by atoms with Gasteiger partial charge >= 0.3 is 0 Å². The van der Waals surface area contributed by atoms with Crippen LogP contribution in [0.25, 0.3) is 0 Å². The Balaban J connectivity index is 1.14. The van der Waals surface area contributed by atoms with Crippen LogP contribution < -0.4 is 20.1 Å². The number of fused-ring (bicyclic) bond motifs is 3. The Morgan fingerprint density at radius 1 is 1.07 bits per heavy atom. The van der Waals surface area contributed by atoms with Crippen LogP contribution in [-0.2, 0) is 11.8 Å². The fourth-order valence-corrected chi connectivity index (χ4v) is 6.00. The molecular formula is C23H29N5O2. The summed E-state index contributed by atoms with van der Waals surface area (Å²) in [6, 6.07) is 6.96. The van der Waals surface area contributed by atoms with Gasteiger partial charge in [0.1, 0.15) is 0 Å². The number of aromatic nitrogens is 2. The number of anilines is 2. The number of nitrogens with two attached hydrogens (primary N) is 1. The number of hydrogen-bond donors (Lipinski definition) is 1. The highest BCUT2D eigenvalue weighted by atomic mass is 16.7. The van der Waals surface area contributed by atoms with Crippen molar-refractivity contribution < 1.29 is 9.47 Å². The van der Waals surface area contributed by atoms with E-state index in [1.165, 1.54) is 55.6 Å². The van der Waals surface area contributed by atoms with E-state index < -0.39 is 0 Å². The van der Waals surface area contributed by atoms with Gasteiger partial charge in [0.2, 0.25) is 12.7 Å². The summed E-state index contributed by atoms with van der Waals surface area (Å²) in [6.45, 7) is 4.81. The van der Waals surface area contributed by atoms with E-state index in [4.69, 9.17) is 20.2 Å². The van der Waals surface area contributed by atoms with Gasteiger partial charge in [0, 0.05) is 49.0 Å². The third-order valence-corrected chi connectivity index (χ3v) is 7.57. The molecule has 0 amide bonds. The fraction of sp³-hybridized carbons (Fsp3) is 0.565. The summed E-state index contributed by atoms with van der Waals surface area (Å²) in [5.74, 6) is 2.14. The Labute approximate surface area is 177 Å². The molecule has 6 rings (SSSR count). The van der Waals surface area contributed by atoms with Gasteiger partial charge in [0.25, 0.3) is 0 Å². The molecule has 4 aliphatic rings. The van der Waals surface area contributed by atoms with Crippen LogP contribution in [0.2, 0.25) is 0 Å². The molecule has 0 saturated carbocycles. The van der Waals surface area contributed by atoms with E-state index in [0.717, 1.165) is 37.6 Å².